The van der Waals surface area contributed by atoms with Crippen molar-refractivity contribution < 1.29 is 29.4 Å². The number of aliphatic hydroxyl groups excluding tert-OH is 1. The van der Waals surface area contributed by atoms with Crippen molar-refractivity contribution in [3.8, 4) is 0 Å². The first-order valence-corrected chi connectivity index (χ1v) is 9.79. The normalized spacial score (nSPS) is 16.1. The second-order valence-corrected chi connectivity index (χ2v) is 7.09. The number of carbonyl (C=O) groups is 4. The van der Waals surface area contributed by atoms with Crippen LogP contribution in [0, 0.1) is 5.92 Å². The second kappa shape index (κ2) is 13.9. The van der Waals surface area contributed by atoms with Gasteiger partial charge in [-0.1, -0.05) is 20.3 Å². The van der Waals surface area contributed by atoms with Gasteiger partial charge in [0.05, 0.1) is 12.6 Å². The van der Waals surface area contributed by atoms with Crippen molar-refractivity contribution in [2.45, 2.75) is 70.6 Å². The Kier molecular flexibility index (Phi) is 12.8. The fourth-order valence-electron chi connectivity index (χ4n) is 2.47. The van der Waals surface area contributed by atoms with Crippen molar-refractivity contribution in [1.82, 2.24) is 16.0 Å². The predicted octanol–water partition coefficient (Wildman–Crippen LogP) is -1.96. The molecule has 9 N–H and O–H groups in total. The molecule has 0 saturated heterocycles. The van der Waals surface area contributed by atoms with E-state index < -0.39 is 54.5 Å². The summed E-state index contributed by atoms with van der Waals surface area (Å²) in [5.41, 5.74) is 11.0. The molecule has 0 aliphatic heterocycles. The van der Waals surface area contributed by atoms with E-state index in [0.717, 1.165) is 0 Å². The van der Waals surface area contributed by atoms with Gasteiger partial charge in [0, 0.05) is 0 Å². The molecule has 5 atom stereocenters. The molecular weight excluding hydrogens is 382 g/mol. The Morgan fingerprint density at radius 2 is 1.52 bits per heavy atom. The van der Waals surface area contributed by atoms with Crippen molar-refractivity contribution in [1.29, 1.82) is 0 Å². The molecule has 168 valence electrons. The van der Waals surface area contributed by atoms with E-state index >= 15 is 0 Å². The summed E-state index contributed by atoms with van der Waals surface area (Å²) in [7, 11) is 0. The van der Waals surface area contributed by atoms with E-state index in [0.29, 0.717) is 25.8 Å². The van der Waals surface area contributed by atoms with E-state index in [4.69, 9.17) is 21.7 Å². The number of rotatable bonds is 14. The topological polar surface area (TPSA) is 197 Å². The Balaban J connectivity index is 5.37. The highest BCUT2D eigenvalue weighted by atomic mass is 16.4. The predicted molar refractivity (Wildman–Crippen MR) is 107 cm³/mol. The Morgan fingerprint density at radius 1 is 0.931 bits per heavy atom. The number of hydrogen-bond acceptors (Lipinski definition) is 7. The smallest absolute Gasteiger partial charge is 0.328 e. The number of unbranched alkanes of at least 4 members (excludes halogenated alkanes) is 1. The molecular formula is C18H35N5O6. The maximum absolute atomic E-state index is 12.8. The maximum Gasteiger partial charge on any atom is 0.328 e. The van der Waals surface area contributed by atoms with Gasteiger partial charge in [0.1, 0.15) is 18.1 Å². The van der Waals surface area contributed by atoms with E-state index in [-0.39, 0.29) is 12.3 Å². The third-order valence-electron chi connectivity index (χ3n) is 4.58. The van der Waals surface area contributed by atoms with Crippen molar-refractivity contribution in [2.24, 2.45) is 17.4 Å². The molecule has 0 aliphatic carbocycles. The van der Waals surface area contributed by atoms with Crippen molar-refractivity contribution >= 4 is 23.7 Å². The van der Waals surface area contributed by atoms with Gasteiger partial charge in [0.2, 0.25) is 17.7 Å². The molecule has 0 aromatic heterocycles. The molecule has 5 unspecified atom stereocenters. The summed E-state index contributed by atoms with van der Waals surface area (Å²) in [5, 5.41) is 25.5. The van der Waals surface area contributed by atoms with E-state index in [9.17, 15) is 19.2 Å². The van der Waals surface area contributed by atoms with E-state index in [2.05, 4.69) is 16.0 Å². The summed E-state index contributed by atoms with van der Waals surface area (Å²) in [5.74, 6) is -3.43. The highest BCUT2D eigenvalue weighted by Crippen LogP contribution is 2.10. The number of aliphatic hydroxyl groups is 1. The van der Waals surface area contributed by atoms with Crippen molar-refractivity contribution in [3.05, 3.63) is 0 Å². The van der Waals surface area contributed by atoms with E-state index in [1.165, 1.54) is 6.92 Å². The summed E-state index contributed by atoms with van der Waals surface area (Å²) in [6.07, 6.45) is 1.94. The first-order valence-electron chi connectivity index (χ1n) is 9.79. The summed E-state index contributed by atoms with van der Waals surface area (Å²) in [6.45, 7) is 4.74. The zero-order valence-corrected chi connectivity index (χ0v) is 17.3. The van der Waals surface area contributed by atoms with Gasteiger partial charge < -0.3 is 37.6 Å². The lowest BCUT2D eigenvalue weighted by Crippen LogP contribution is -2.58. The van der Waals surface area contributed by atoms with Gasteiger partial charge >= 0.3 is 5.97 Å². The molecule has 11 nitrogen and oxygen atoms in total. The molecule has 0 aromatic carbocycles. The lowest BCUT2D eigenvalue weighted by Gasteiger charge is -2.27. The number of carbonyl (C=O) groups excluding carboxylic acids is 3. The van der Waals surface area contributed by atoms with E-state index in [1.807, 2.05) is 6.92 Å². The van der Waals surface area contributed by atoms with Crippen LogP contribution in [0.3, 0.4) is 0 Å². The largest absolute Gasteiger partial charge is 0.480 e. The average molecular weight is 418 g/mol. The number of carboxylic acid groups (broad SMARTS) is 1. The van der Waals surface area contributed by atoms with Crippen LogP contribution in [0.4, 0.5) is 0 Å². The molecule has 0 saturated carbocycles. The molecule has 0 rings (SSSR count). The molecule has 0 bridgehead atoms. The van der Waals surface area contributed by atoms with Crippen LogP contribution >= 0.6 is 0 Å². The maximum atomic E-state index is 12.8. The van der Waals surface area contributed by atoms with Gasteiger partial charge in [-0.15, -0.1) is 0 Å². The molecule has 3 amide bonds. The van der Waals surface area contributed by atoms with Crippen LogP contribution in [0.15, 0.2) is 0 Å². The van der Waals surface area contributed by atoms with Crippen LogP contribution in [-0.2, 0) is 19.2 Å². The zero-order valence-electron chi connectivity index (χ0n) is 17.3. The number of nitrogens with two attached hydrogens (primary N) is 2. The molecule has 11 heteroatoms. The second-order valence-electron chi connectivity index (χ2n) is 7.09. The highest BCUT2D eigenvalue weighted by molar-refractivity contribution is 5.94. The third kappa shape index (κ3) is 9.68. The molecule has 0 radical (unpaired) electrons. The average Bonchev–Trinajstić information content (AvgIpc) is 2.67. The lowest BCUT2D eigenvalue weighted by atomic mass is 9.97. The molecule has 0 aliphatic rings. The minimum atomic E-state index is -1.49. The number of aliphatic carboxylic acids is 1. The Morgan fingerprint density at radius 3 is 1.97 bits per heavy atom. The number of nitrogens with one attached hydrogen (secondary N) is 3. The molecule has 0 aromatic rings. The van der Waals surface area contributed by atoms with Crippen LogP contribution in [0.25, 0.3) is 0 Å². The summed E-state index contributed by atoms with van der Waals surface area (Å²) in [6, 6.07) is -4.24. The first kappa shape index (κ1) is 26.8. The minimum Gasteiger partial charge on any atom is -0.480 e. The van der Waals surface area contributed by atoms with Gasteiger partial charge in [0.15, 0.2) is 0 Å². The fourth-order valence-corrected chi connectivity index (χ4v) is 2.47. The van der Waals surface area contributed by atoms with Gasteiger partial charge in [-0.2, -0.15) is 0 Å². The molecule has 0 heterocycles. The number of amides is 3. The SMILES string of the molecule is CCC(C)C(NC(=O)C(C)N)C(=O)NC(CCCCN)C(=O)NC(CO)C(=O)O. The first-order chi connectivity index (χ1) is 13.6. The van der Waals surface area contributed by atoms with Gasteiger partial charge in [-0.05, 0) is 38.6 Å². The third-order valence-corrected chi connectivity index (χ3v) is 4.58. The van der Waals surface area contributed by atoms with Crippen LogP contribution in [0.2, 0.25) is 0 Å². The van der Waals surface area contributed by atoms with Crippen LogP contribution in [-0.4, -0.2) is 71.2 Å². The van der Waals surface area contributed by atoms with E-state index in [1.54, 1.807) is 6.92 Å². The Labute approximate surface area is 171 Å². The lowest BCUT2D eigenvalue weighted by molar-refractivity contribution is -0.143. The summed E-state index contributed by atoms with van der Waals surface area (Å²) in [4.78, 5) is 48.3. The fraction of sp³-hybridized carbons (Fsp3) is 0.778. The van der Waals surface area contributed by atoms with Gasteiger partial charge in [-0.25, -0.2) is 4.79 Å². The van der Waals surface area contributed by atoms with Crippen LogP contribution < -0.4 is 27.4 Å². The van der Waals surface area contributed by atoms with Crippen LogP contribution in [0.5, 0.6) is 0 Å². The van der Waals surface area contributed by atoms with Gasteiger partial charge in [-0.3, -0.25) is 14.4 Å². The van der Waals surface area contributed by atoms with Crippen molar-refractivity contribution in [3.63, 3.8) is 0 Å². The minimum absolute atomic E-state index is 0.223. The Bertz CT molecular complexity index is 557. The van der Waals surface area contributed by atoms with Gasteiger partial charge in [0.25, 0.3) is 0 Å². The standard InChI is InChI=1S/C18H35N5O6/c1-4-10(2)14(23-15(25)11(3)20)17(27)21-12(7-5-6-8-19)16(26)22-13(9-24)18(28)29/h10-14,24H,4-9,19-20H2,1-3H3,(H,21,27)(H,22,26)(H,23,25)(H,28,29). The van der Waals surface area contributed by atoms with Crippen molar-refractivity contribution in [2.75, 3.05) is 13.2 Å². The zero-order chi connectivity index (χ0) is 22.6. The molecule has 0 spiro atoms. The quantitative estimate of drug-likeness (QED) is 0.158. The van der Waals surface area contributed by atoms with Crippen LogP contribution in [0.1, 0.15) is 46.5 Å². The summed E-state index contributed by atoms with van der Waals surface area (Å²) < 4.78 is 0. The number of carboxylic acids is 1. The molecule has 29 heavy (non-hydrogen) atoms. The molecule has 0 fully saturated rings. The number of hydrogen-bond donors (Lipinski definition) is 7. The highest BCUT2D eigenvalue weighted by Gasteiger charge is 2.31. The Hall–Kier alpha value is -2.24. The summed E-state index contributed by atoms with van der Waals surface area (Å²) >= 11 is 0. The monoisotopic (exact) mass is 417 g/mol.